The summed E-state index contributed by atoms with van der Waals surface area (Å²) in [6.07, 6.45) is 7.72. The van der Waals surface area contributed by atoms with Gasteiger partial charge in [0, 0.05) is 37.5 Å². The summed E-state index contributed by atoms with van der Waals surface area (Å²) in [5.41, 5.74) is 1.18. The van der Waals surface area contributed by atoms with E-state index >= 15 is 0 Å². The average Bonchev–Trinajstić information content (AvgIpc) is 3.24. The van der Waals surface area contributed by atoms with E-state index in [2.05, 4.69) is 4.98 Å². The summed E-state index contributed by atoms with van der Waals surface area (Å²) >= 11 is 0. The lowest BCUT2D eigenvalue weighted by atomic mass is 10.2. The van der Waals surface area contributed by atoms with Gasteiger partial charge < -0.3 is 9.12 Å². The molecule has 3 aromatic heterocycles. The zero-order valence-electron chi connectivity index (χ0n) is 21.3. The maximum atomic E-state index is 12.6. The smallest absolute Gasteiger partial charge is 0.332 e. The maximum Gasteiger partial charge on any atom is 0.332 e. The lowest BCUT2D eigenvalue weighted by Gasteiger charge is -2.10. The largest absolute Gasteiger partial charge is 0.744 e. The third-order valence-corrected chi connectivity index (χ3v) is 6.59. The normalized spacial score (nSPS) is 12.1. The number of rotatable bonds is 8. The van der Waals surface area contributed by atoms with Crippen molar-refractivity contribution in [3.05, 3.63) is 87.6 Å². The van der Waals surface area contributed by atoms with Crippen molar-refractivity contribution in [3.8, 4) is 0 Å². The summed E-state index contributed by atoms with van der Waals surface area (Å²) in [6.45, 7) is 4.21. The number of aromatic nitrogens is 5. The second-order valence-electron chi connectivity index (χ2n) is 8.74. The Morgan fingerprint density at radius 1 is 1.05 bits per heavy atom. The zero-order chi connectivity index (χ0) is 27.2. The van der Waals surface area contributed by atoms with Gasteiger partial charge in [-0.05, 0) is 45.2 Å². The molecule has 1 unspecified atom stereocenters. The second-order valence-corrected chi connectivity index (χ2v) is 10.1. The number of benzene rings is 1. The fraction of sp³-hybridized carbons (Fsp3) is 0.360. The van der Waals surface area contributed by atoms with E-state index in [9.17, 15) is 22.6 Å². The van der Waals surface area contributed by atoms with Gasteiger partial charge in [-0.2, -0.15) is 0 Å². The van der Waals surface area contributed by atoms with Gasteiger partial charge in [-0.25, -0.2) is 18.2 Å². The molecule has 0 fully saturated rings. The van der Waals surface area contributed by atoms with Gasteiger partial charge in [-0.15, -0.1) is 0 Å². The first-order chi connectivity index (χ1) is 17.5. The molecule has 11 nitrogen and oxygen atoms in total. The highest BCUT2D eigenvalue weighted by molar-refractivity contribution is 7.85. The van der Waals surface area contributed by atoms with Crippen LogP contribution in [-0.4, -0.2) is 37.8 Å². The molecule has 37 heavy (non-hydrogen) atoms. The molecule has 0 saturated carbocycles. The predicted molar refractivity (Wildman–Crippen MR) is 136 cm³/mol. The highest BCUT2D eigenvalue weighted by Crippen LogP contribution is 2.08. The quantitative estimate of drug-likeness (QED) is 0.191. The SMILES string of the molecule is CC(CCCCn1c(=O)c2c(ncn2C)n(C)c1=O)O[n+]1ccccc1.Cc1ccc(S(=O)(=O)[O-])cc1. The highest BCUT2D eigenvalue weighted by Gasteiger charge is 2.15. The van der Waals surface area contributed by atoms with Crippen LogP contribution < -0.4 is 20.8 Å². The lowest BCUT2D eigenvalue weighted by molar-refractivity contribution is -0.898. The fourth-order valence-corrected chi connectivity index (χ4v) is 4.18. The molecule has 0 bridgehead atoms. The third kappa shape index (κ3) is 7.14. The maximum absolute atomic E-state index is 12.6. The molecule has 0 radical (unpaired) electrons. The van der Waals surface area contributed by atoms with Crippen molar-refractivity contribution in [1.29, 1.82) is 0 Å². The molecule has 0 aliphatic rings. The van der Waals surface area contributed by atoms with Crippen LogP contribution in [0.1, 0.15) is 31.7 Å². The Labute approximate surface area is 214 Å². The van der Waals surface area contributed by atoms with Gasteiger partial charge in [-0.1, -0.05) is 23.8 Å². The lowest BCUT2D eigenvalue weighted by Crippen LogP contribution is -2.46. The van der Waals surface area contributed by atoms with Gasteiger partial charge in [0.05, 0.1) is 11.2 Å². The van der Waals surface area contributed by atoms with Crippen LogP contribution in [0.2, 0.25) is 0 Å². The molecular formula is C25H31N5O6S. The number of fused-ring (bicyclic) bond motifs is 1. The van der Waals surface area contributed by atoms with Crippen molar-refractivity contribution >= 4 is 21.3 Å². The van der Waals surface area contributed by atoms with Gasteiger partial charge in [0.1, 0.15) is 10.1 Å². The summed E-state index contributed by atoms with van der Waals surface area (Å²) in [4.78, 5) is 34.8. The van der Waals surface area contributed by atoms with E-state index in [4.69, 9.17) is 4.84 Å². The van der Waals surface area contributed by atoms with Crippen molar-refractivity contribution < 1.29 is 22.5 Å². The first-order valence-electron chi connectivity index (χ1n) is 11.8. The monoisotopic (exact) mass is 529 g/mol. The zero-order valence-corrected chi connectivity index (χ0v) is 22.1. The van der Waals surface area contributed by atoms with Gasteiger partial charge in [-0.3, -0.25) is 18.8 Å². The van der Waals surface area contributed by atoms with Crippen molar-refractivity contribution in [1.82, 2.24) is 18.7 Å². The van der Waals surface area contributed by atoms with E-state index in [-0.39, 0.29) is 22.2 Å². The van der Waals surface area contributed by atoms with Crippen LogP contribution in [0.4, 0.5) is 0 Å². The van der Waals surface area contributed by atoms with E-state index in [1.165, 1.54) is 21.3 Å². The molecule has 1 aromatic carbocycles. The molecule has 0 spiro atoms. The predicted octanol–water partition coefficient (Wildman–Crippen LogP) is 1.31. The van der Waals surface area contributed by atoms with E-state index < -0.39 is 10.1 Å². The number of unbranched alkanes of at least 4 members (excludes halogenated alkanes) is 1. The van der Waals surface area contributed by atoms with Gasteiger partial charge in [0.2, 0.25) is 12.4 Å². The van der Waals surface area contributed by atoms with Gasteiger partial charge in [0.15, 0.2) is 17.3 Å². The van der Waals surface area contributed by atoms with Crippen LogP contribution in [0, 0.1) is 6.92 Å². The molecule has 4 rings (SSSR count). The molecule has 4 aromatic rings. The minimum atomic E-state index is -4.27. The minimum absolute atomic E-state index is 0.0431. The molecule has 0 aliphatic carbocycles. The van der Waals surface area contributed by atoms with Crippen LogP contribution in [0.25, 0.3) is 11.2 Å². The van der Waals surface area contributed by atoms with Crippen LogP contribution in [0.5, 0.6) is 0 Å². The summed E-state index contributed by atoms with van der Waals surface area (Å²) in [5, 5.41) is 0. The van der Waals surface area contributed by atoms with E-state index in [1.54, 1.807) is 41.9 Å². The second kappa shape index (κ2) is 12.0. The van der Waals surface area contributed by atoms with Crippen LogP contribution in [0.3, 0.4) is 0 Å². The molecule has 198 valence electrons. The number of pyridine rings is 1. The fourth-order valence-electron chi connectivity index (χ4n) is 3.71. The number of aryl methyl sites for hydroxylation is 3. The summed E-state index contributed by atoms with van der Waals surface area (Å²) in [6, 6.07) is 11.5. The molecular weight excluding hydrogens is 498 g/mol. The Morgan fingerprint density at radius 3 is 2.32 bits per heavy atom. The average molecular weight is 530 g/mol. The number of hydrogen-bond acceptors (Lipinski definition) is 7. The van der Waals surface area contributed by atoms with Crippen molar-refractivity contribution in [2.75, 3.05) is 0 Å². The first kappa shape index (κ1) is 27.8. The number of imidazole rings is 1. The molecule has 3 heterocycles. The first-order valence-corrected chi connectivity index (χ1v) is 13.2. The van der Waals surface area contributed by atoms with Crippen LogP contribution >= 0.6 is 0 Å². The van der Waals surface area contributed by atoms with Crippen molar-refractivity contribution in [3.63, 3.8) is 0 Å². The minimum Gasteiger partial charge on any atom is -0.744 e. The Hall–Kier alpha value is -3.77. The number of nitrogens with zero attached hydrogens (tertiary/aromatic N) is 5. The topological polar surface area (TPSA) is 132 Å². The Balaban J connectivity index is 0.000000289. The van der Waals surface area contributed by atoms with Crippen LogP contribution in [-0.2, 0) is 30.8 Å². The van der Waals surface area contributed by atoms with Crippen molar-refractivity contribution in [2.24, 2.45) is 14.1 Å². The standard InChI is InChI=1S/C18H24N5O3.C7H8O3S/c1-14(26-22-10-6-4-7-11-22)9-5-8-12-23-17(24)15-16(19-13-20(15)2)21(3)18(23)25;1-6-2-4-7(5-3-6)11(8,9)10/h4,6-7,10-11,13-14H,5,8-9,12H2,1-3H3;2-5H,1H3,(H,8,9,10)/q+1;/p-1. The van der Waals surface area contributed by atoms with Gasteiger partial charge in [0.25, 0.3) is 5.56 Å². The Morgan fingerprint density at radius 2 is 1.70 bits per heavy atom. The summed E-state index contributed by atoms with van der Waals surface area (Å²) in [5.74, 6) is 0. The molecule has 0 aliphatic heterocycles. The highest BCUT2D eigenvalue weighted by atomic mass is 32.2. The van der Waals surface area contributed by atoms with Gasteiger partial charge >= 0.3 is 5.69 Å². The third-order valence-electron chi connectivity index (χ3n) is 5.74. The molecule has 12 heteroatoms. The molecule has 0 N–H and O–H groups in total. The Bertz CT molecular complexity index is 1560. The number of hydrogen-bond donors (Lipinski definition) is 0. The van der Waals surface area contributed by atoms with Crippen molar-refractivity contribution in [2.45, 2.75) is 50.7 Å². The van der Waals surface area contributed by atoms with E-state index in [1.807, 2.05) is 44.4 Å². The van der Waals surface area contributed by atoms with E-state index in [0.29, 0.717) is 17.7 Å². The van der Waals surface area contributed by atoms with Crippen LogP contribution in [0.15, 0.2) is 75.7 Å². The summed E-state index contributed by atoms with van der Waals surface area (Å²) in [7, 11) is -0.874. The molecule has 0 saturated heterocycles. The Kier molecular flexibility index (Phi) is 9.00. The summed E-state index contributed by atoms with van der Waals surface area (Å²) < 4.78 is 37.2. The molecule has 1 atom stereocenters. The molecule has 0 amide bonds. The van der Waals surface area contributed by atoms with E-state index in [0.717, 1.165) is 24.8 Å².